The summed E-state index contributed by atoms with van der Waals surface area (Å²) in [6.45, 7) is 1.88. The van der Waals surface area contributed by atoms with Crippen molar-refractivity contribution in [2.75, 3.05) is 39.8 Å². The minimum absolute atomic E-state index is 0.0916. The van der Waals surface area contributed by atoms with E-state index in [1.54, 1.807) is 0 Å². The largest absolute Gasteiger partial charge is 0.468 e. The summed E-state index contributed by atoms with van der Waals surface area (Å²) in [5.74, 6) is -0.315. The van der Waals surface area contributed by atoms with Gasteiger partial charge in [0.15, 0.2) is 5.03 Å². The first-order valence-corrected chi connectivity index (χ1v) is 7.26. The molecule has 9 heteroatoms. The van der Waals surface area contributed by atoms with E-state index in [-0.39, 0.29) is 17.5 Å². The molecular formula is C10H16N4O4S. The minimum Gasteiger partial charge on any atom is -0.468 e. The molecule has 0 bridgehead atoms. The summed E-state index contributed by atoms with van der Waals surface area (Å²) >= 11 is 0. The third-order valence-electron chi connectivity index (χ3n) is 3.00. The fourth-order valence-corrected chi connectivity index (χ4v) is 3.22. The Bertz CT molecular complexity index is 520. The molecule has 1 N–H and O–H groups in total. The van der Waals surface area contributed by atoms with Gasteiger partial charge in [-0.1, -0.05) is 0 Å². The molecule has 2 rings (SSSR count). The number of carbonyl (C=O) groups excluding carboxylic acids is 1. The van der Waals surface area contributed by atoms with Crippen molar-refractivity contribution in [2.24, 2.45) is 0 Å². The highest BCUT2D eigenvalue weighted by molar-refractivity contribution is 7.89. The van der Waals surface area contributed by atoms with Gasteiger partial charge in [-0.15, -0.1) is 0 Å². The van der Waals surface area contributed by atoms with Crippen LogP contribution in [0.1, 0.15) is 0 Å². The van der Waals surface area contributed by atoms with Crippen LogP contribution in [0, 0.1) is 0 Å². The van der Waals surface area contributed by atoms with E-state index >= 15 is 0 Å². The standard InChI is InChI=1S/C10H16N4O4S/c1-18-10(15)7-13-2-4-14(5-3-13)19(16,17)9-6-11-8-12-9/h6,8H,2-5,7H2,1H3,(H,11,12). The van der Waals surface area contributed by atoms with E-state index in [1.807, 2.05) is 4.90 Å². The number of methoxy groups -OCH3 is 1. The zero-order valence-corrected chi connectivity index (χ0v) is 11.4. The van der Waals surface area contributed by atoms with E-state index in [2.05, 4.69) is 14.7 Å². The third-order valence-corrected chi connectivity index (χ3v) is 4.83. The van der Waals surface area contributed by atoms with E-state index in [9.17, 15) is 13.2 Å². The van der Waals surface area contributed by atoms with E-state index in [4.69, 9.17) is 0 Å². The van der Waals surface area contributed by atoms with Crippen LogP contribution in [-0.4, -0.2) is 73.4 Å². The van der Waals surface area contributed by atoms with Crippen LogP contribution in [0.4, 0.5) is 0 Å². The maximum absolute atomic E-state index is 12.2. The molecule has 0 saturated carbocycles. The maximum Gasteiger partial charge on any atom is 0.319 e. The number of nitrogens with one attached hydrogen (secondary N) is 1. The Morgan fingerprint density at radius 2 is 2.11 bits per heavy atom. The molecule has 1 aromatic heterocycles. The normalized spacial score (nSPS) is 18.4. The summed E-state index contributed by atoms with van der Waals surface area (Å²) in [5.41, 5.74) is 0. The van der Waals surface area contributed by atoms with Crippen molar-refractivity contribution < 1.29 is 17.9 Å². The Labute approximate surface area is 111 Å². The number of imidazole rings is 1. The molecule has 1 saturated heterocycles. The number of piperazine rings is 1. The zero-order valence-electron chi connectivity index (χ0n) is 10.6. The maximum atomic E-state index is 12.2. The average molecular weight is 288 g/mol. The Balaban J connectivity index is 1.95. The van der Waals surface area contributed by atoms with Crippen LogP contribution < -0.4 is 0 Å². The molecule has 0 aliphatic carbocycles. The molecule has 106 valence electrons. The summed E-state index contributed by atoms with van der Waals surface area (Å²) in [6.07, 6.45) is 2.62. The van der Waals surface area contributed by atoms with E-state index in [0.29, 0.717) is 26.2 Å². The smallest absolute Gasteiger partial charge is 0.319 e. The Morgan fingerprint density at radius 3 is 2.63 bits per heavy atom. The number of ether oxygens (including phenoxy) is 1. The fourth-order valence-electron chi connectivity index (χ4n) is 1.90. The quantitative estimate of drug-likeness (QED) is 0.706. The highest BCUT2D eigenvalue weighted by Crippen LogP contribution is 2.14. The van der Waals surface area contributed by atoms with Crippen molar-refractivity contribution in [3.8, 4) is 0 Å². The lowest BCUT2D eigenvalue weighted by Gasteiger charge is -2.32. The van der Waals surface area contributed by atoms with Gasteiger partial charge in [0.1, 0.15) is 0 Å². The number of sulfonamides is 1. The monoisotopic (exact) mass is 288 g/mol. The van der Waals surface area contributed by atoms with Gasteiger partial charge < -0.3 is 9.72 Å². The number of hydrogen-bond acceptors (Lipinski definition) is 6. The van der Waals surface area contributed by atoms with Crippen LogP contribution in [0.2, 0.25) is 0 Å². The van der Waals surface area contributed by atoms with Gasteiger partial charge in [0, 0.05) is 26.2 Å². The lowest BCUT2D eigenvalue weighted by atomic mass is 10.3. The van der Waals surface area contributed by atoms with Crippen LogP contribution >= 0.6 is 0 Å². The summed E-state index contributed by atoms with van der Waals surface area (Å²) in [7, 11) is -2.17. The van der Waals surface area contributed by atoms with Gasteiger partial charge in [-0.05, 0) is 0 Å². The second kappa shape index (κ2) is 5.68. The van der Waals surface area contributed by atoms with Crippen molar-refractivity contribution in [2.45, 2.75) is 5.03 Å². The molecule has 0 atom stereocenters. The zero-order chi connectivity index (χ0) is 13.9. The number of carbonyl (C=O) groups is 1. The van der Waals surface area contributed by atoms with Gasteiger partial charge in [0.05, 0.1) is 26.2 Å². The summed E-state index contributed by atoms with van der Waals surface area (Å²) in [5, 5.41) is 0.0916. The van der Waals surface area contributed by atoms with Crippen LogP contribution in [0.15, 0.2) is 17.6 Å². The summed E-state index contributed by atoms with van der Waals surface area (Å²) < 4.78 is 30.3. The summed E-state index contributed by atoms with van der Waals surface area (Å²) in [4.78, 5) is 19.3. The van der Waals surface area contributed by atoms with Crippen molar-refractivity contribution in [1.29, 1.82) is 0 Å². The molecule has 0 amide bonds. The fraction of sp³-hybridized carbons (Fsp3) is 0.600. The highest BCUT2D eigenvalue weighted by Gasteiger charge is 2.29. The predicted molar refractivity (Wildman–Crippen MR) is 65.8 cm³/mol. The van der Waals surface area contributed by atoms with Gasteiger partial charge in [-0.25, -0.2) is 13.4 Å². The van der Waals surface area contributed by atoms with Crippen molar-refractivity contribution in [1.82, 2.24) is 19.2 Å². The molecule has 19 heavy (non-hydrogen) atoms. The molecule has 2 heterocycles. The third kappa shape index (κ3) is 3.11. The molecule has 0 radical (unpaired) electrons. The number of nitrogens with zero attached hydrogens (tertiary/aromatic N) is 3. The lowest BCUT2D eigenvalue weighted by molar-refractivity contribution is -0.142. The van der Waals surface area contributed by atoms with Crippen molar-refractivity contribution in [3.63, 3.8) is 0 Å². The highest BCUT2D eigenvalue weighted by atomic mass is 32.2. The molecule has 1 fully saturated rings. The van der Waals surface area contributed by atoms with Crippen molar-refractivity contribution in [3.05, 3.63) is 12.5 Å². The molecule has 0 spiro atoms. The van der Waals surface area contributed by atoms with E-state index in [1.165, 1.54) is 23.9 Å². The topological polar surface area (TPSA) is 95.6 Å². The Morgan fingerprint density at radius 1 is 1.42 bits per heavy atom. The van der Waals surface area contributed by atoms with E-state index in [0.717, 1.165) is 0 Å². The molecule has 1 aliphatic heterocycles. The molecule has 8 nitrogen and oxygen atoms in total. The molecular weight excluding hydrogens is 272 g/mol. The van der Waals surface area contributed by atoms with Crippen LogP contribution in [0.5, 0.6) is 0 Å². The number of hydrogen-bond donors (Lipinski definition) is 1. The first-order chi connectivity index (χ1) is 9.04. The number of esters is 1. The van der Waals surface area contributed by atoms with Crippen LogP contribution in [0.3, 0.4) is 0 Å². The molecule has 0 unspecified atom stereocenters. The van der Waals surface area contributed by atoms with Gasteiger partial charge in [0.2, 0.25) is 0 Å². The predicted octanol–water partition coefficient (Wildman–Crippen LogP) is -1.11. The van der Waals surface area contributed by atoms with Gasteiger partial charge >= 0.3 is 5.97 Å². The average Bonchev–Trinajstić information content (AvgIpc) is 2.94. The Hall–Kier alpha value is -1.45. The first kappa shape index (κ1) is 14.0. The van der Waals surface area contributed by atoms with Gasteiger partial charge in [0.25, 0.3) is 10.0 Å². The number of aromatic nitrogens is 2. The molecule has 0 aromatic carbocycles. The van der Waals surface area contributed by atoms with Gasteiger partial charge in [-0.3, -0.25) is 9.69 Å². The molecule has 1 aliphatic rings. The number of H-pyrrole nitrogens is 1. The second-order valence-electron chi connectivity index (χ2n) is 4.17. The van der Waals surface area contributed by atoms with Crippen LogP contribution in [0.25, 0.3) is 0 Å². The molecule has 1 aromatic rings. The summed E-state index contributed by atoms with van der Waals surface area (Å²) in [6, 6.07) is 0. The first-order valence-electron chi connectivity index (χ1n) is 5.81. The SMILES string of the molecule is COC(=O)CN1CCN(S(=O)(=O)c2cnc[nH]2)CC1. The Kier molecular flexibility index (Phi) is 4.17. The van der Waals surface area contributed by atoms with E-state index < -0.39 is 10.0 Å². The lowest BCUT2D eigenvalue weighted by Crippen LogP contribution is -2.49. The number of rotatable bonds is 4. The van der Waals surface area contributed by atoms with Gasteiger partial charge in [-0.2, -0.15) is 4.31 Å². The number of aromatic amines is 1. The van der Waals surface area contributed by atoms with Crippen molar-refractivity contribution >= 4 is 16.0 Å². The van der Waals surface area contributed by atoms with Crippen LogP contribution in [-0.2, 0) is 19.6 Å². The second-order valence-corrected chi connectivity index (χ2v) is 6.08. The minimum atomic E-state index is -3.50.